The van der Waals surface area contributed by atoms with Gasteiger partial charge in [-0.3, -0.25) is 0 Å². The molecule has 0 bridgehead atoms. The van der Waals surface area contributed by atoms with Gasteiger partial charge in [0.2, 0.25) is 0 Å². The van der Waals surface area contributed by atoms with Crippen LogP contribution in [-0.4, -0.2) is 10.9 Å². The van der Waals surface area contributed by atoms with Gasteiger partial charge in [-0.2, -0.15) is 5.26 Å². The highest BCUT2D eigenvalue weighted by molar-refractivity contribution is 6.12. The summed E-state index contributed by atoms with van der Waals surface area (Å²) in [6, 6.07) is 14.7. The highest BCUT2D eigenvalue weighted by atomic mass is 19.1. The van der Waals surface area contributed by atoms with Gasteiger partial charge in [0.15, 0.2) is 17.3 Å². The first-order valence-electron chi connectivity index (χ1n) is 5.84. The highest BCUT2D eigenvalue weighted by Gasteiger charge is 2.10. The largest absolute Gasteiger partial charge is 0.486 e. The Labute approximate surface area is 115 Å². The Hall–Kier alpha value is -2.87. The Balaban J connectivity index is 2.23. The third-order valence-electron chi connectivity index (χ3n) is 2.70. The number of nitriles is 1. The summed E-state index contributed by atoms with van der Waals surface area (Å²) in [6.45, 7) is 0.0673. The van der Waals surface area contributed by atoms with E-state index < -0.39 is 5.82 Å². The van der Waals surface area contributed by atoms with E-state index in [0.717, 1.165) is 0 Å². The van der Waals surface area contributed by atoms with E-state index in [1.807, 2.05) is 0 Å². The van der Waals surface area contributed by atoms with Crippen molar-refractivity contribution in [3.8, 4) is 11.8 Å². The van der Waals surface area contributed by atoms with E-state index in [1.165, 1.54) is 12.1 Å². The minimum Gasteiger partial charge on any atom is -0.486 e. The normalized spacial score (nSPS) is 10.9. The molecule has 0 fully saturated rings. The Morgan fingerprint density at radius 1 is 1.20 bits per heavy atom. The number of para-hydroxylation sites is 1. The van der Waals surface area contributed by atoms with Crippen molar-refractivity contribution in [2.75, 3.05) is 0 Å². The molecule has 0 aliphatic carbocycles. The molecule has 20 heavy (non-hydrogen) atoms. The summed E-state index contributed by atoms with van der Waals surface area (Å²) < 4.78 is 18.8. The van der Waals surface area contributed by atoms with Crippen LogP contribution in [0.1, 0.15) is 11.1 Å². The first kappa shape index (κ1) is 13.6. The number of nitrogens with zero attached hydrogens (tertiary/aromatic N) is 2. The van der Waals surface area contributed by atoms with Gasteiger partial charge in [0, 0.05) is 5.56 Å². The van der Waals surface area contributed by atoms with Crippen molar-refractivity contribution in [3.63, 3.8) is 0 Å². The Morgan fingerprint density at radius 2 is 1.90 bits per heavy atom. The zero-order chi connectivity index (χ0) is 14.4. The van der Waals surface area contributed by atoms with Crippen molar-refractivity contribution >= 4 is 5.71 Å². The summed E-state index contributed by atoms with van der Waals surface area (Å²) in [5.41, 5.74) is 0.969. The van der Waals surface area contributed by atoms with Crippen LogP contribution in [0.25, 0.3) is 0 Å². The van der Waals surface area contributed by atoms with Gasteiger partial charge in [-0.25, -0.2) is 4.39 Å². The van der Waals surface area contributed by atoms with E-state index in [4.69, 9.17) is 15.2 Å². The number of ether oxygens (including phenoxy) is 1. The summed E-state index contributed by atoms with van der Waals surface area (Å²) in [4.78, 5) is 0. The average molecular weight is 270 g/mol. The predicted molar refractivity (Wildman–Crippen MR) is 71.1 cm³/mol. The molecule has 4 nitrogen and oxygen atoms in total. The van der Waals surface area contributed by atoms with Gasteiger partial charge in [0.25, 0.3) is 0 Å². The predicted octanol–water partition coefficient (Wildman–Crippen LogP) is 3.11. The third-order valence-corrected chi connectivity index (χ3v) is 2.70. The summed E-state index contributed by atoms with van der Waals surface area (Å²) >= 11 is 0. The molecule has 0 unspecified atom stereocenters. The molecule has 0 aliphatic heterocycles. The minimum absolute atomic E-state index is 0.0673. The zero-order valence-corrected chi connectivity index (χ0v) is 10.5. The average Bonchev–Trinajstić information content (AvgIpc) is 2.49. The fourth-order valence-electron chi connectivity index (χ4n) is 1.73. The van der Waals surface area contributed by atoms with Crippen LogP contribution in [0.3, 0.4) is 0 Å². The van der Waals surface area contributed by atoms with Crippen LogP contribution in [0, 0.1) is 17.1 Å². The molecule has 100 valence electrons. The van der Waals surface area contributed by atoms with Crippen molar-refractivity contribution in [1.82, 2.24) is 0 Å². The van der Waals surface area contributed by atoms with Gasteiger partial charge in [-0.05, 0) is 17.7 Å². The molecule has 0 atom stereocenters. The van der Waals surface area contributed by atoms with E-state index in [0.29, 0.717) is 11.1 Å². The molecule has 2 aromatic rings. The van der Waals surface area contributed by atoms with Gasteiger partial charge in [0.1, 0.15) is 12.7 Å². The van der Waals surface area contributed by atoms with Crippen molar-refractivity contribution in [3.05, 3.63) is 65.5 Å². The van der Waals surface area contributed by atoms with Crippen LogP contribution in [0.4, 0.5) is 4.39 Å². The molecule has 2 rings (SSSR count). The molecule has 5 heteroatoms. The lowest BCUT2D eigenvalue weighted by Gasteiger charge is -2.10. The standard InChI is InChI=1S/C15H11FN2O2/c16-13-7-3-4-8-15(13)20-10-11-5-1-2-6-12(11)14(9-17)18-19/h1-8,19H,10H2. The van der Waals surface area contributed by atoms with E-state index in [-0.39, 0.29) is 18.1 Å². The molecule has 0 saturated heterocycles. The monoisotopic (exact) mass is 270 g/mol. The molecule has 0 saturated carbocycles. The van der Waals surface area contributed by atoms with Crippen LogP contribution in [0.15, 0.2) is 53.7 Å². The highest BCUT2D eigenvalue weighted by Crippen LogP contribution is 2.18. The summed E-state index contributed by atoms with van der Waals surface area (Å²) in [7, 11) is 0. The van der Waals surface area contributed by atoms with Crippen molar-refractivity contribution in [2.45, 2.75) is 6.61 Å². The summed E-state index contributed by atoms with van der Waals surface area (Å²) in [5, 5.41) is 20.6. The lowest BCUT2D eigenvalue weighted by Crippen LogP contribution is -2.06. The molecule has 0 spiro atoms. The number of hydrogen-bond donors (Lipinski definition) is 1. The van der Waals surface area contributed by atoms with Gasteiger partial charge in [-0.1, -0.05) is 41.6 Å². The Kier molecular flexibility index (Phi) is 4.30. The van der Waals surface area contributed by atoms with Crippen molar-refractivity contribution < 1.29 is 14.3 Å². The number of benzene rings is 2. The van der Waals surface area contributed by atoms with Crippen molar-refractivity contribution in [1.29, 1.82) is 5.26 Å². The molecule has 2 aromatic carbocycles. The van der Waals surface area contributed by atoms with E-state index in [2.05, 4.69) is 5.16 Å². The van der Waals surface area contributed by atoms with Gasteiger partial charge in [-0.15, -0.1) is 0 Å². The third kappa shape index (κ3) is 2.93. The van der Waals surface area contributed by atoms with Crippen LogP contribution in [0.5, 0.6) is 5.75 Å². The maximum absolute atomic E-state index is 13.4. The van der Waals surface area contributed by atoms with Gasteiger partial charge >= 0.3 is 0 Å². The van der Waals surface area contributed by atoms with Crippen LogP contribution < -0.4 is 4.74 Å². The molecular formula is C15H11FN2O2. The molecule has 0 aliphatic rings. The number of hydrogen-bond acceptors (Lipinski definition) is 4. The molecule has 0 aromatic heterocycles. The maximum atomic E-state index is 13.4. The fourth-order valence-corrected chi connectivity index (χ4v) is 1.73. The van der Waals surface area contributed by atoms with E-state index >= 15 is 0 Å². The second-order valence-corrected chi connectivity index (χ2v) is 3.94. The molecule has 0 radical (unpaired) electrons. The lowest BCUT2D eigenvalue weighted by atomic mass is 10.0. The smallest absolute Gasteiger partial charge is 0.187 e. The minimum atomic E-state index is -0.457. The van der Waals surface area contributed by atoms with Crippen LogP contribution in [-0.2, 0) is 6.61 Å². The zero-order valence-electron chi connectivity index (χ0n) is 10.5. The first-order valence-corrected chi connectivity index (χ1v) is 5.84. The molecule has 0 amide bonds. The second kappa shape index (κ2) is 6.34. The molecular weight excluding hydrogens is 259 g/mol. The van der Waals surface area contributed by atoms with E-state index in [9.17, 15) is 4.39 Å². The fraction of sp³-hybridized carbons (Fsp3) is 0.0667. The van der Waals surface area contributed by atoms with E-state index in [1.54, 1.807) is 42.5 Å². The lowest BCUT2D eigenvalue weighted by molar-refractivity contribution is 0.290. The first-order chi connectivity index (χ1) is 9.76. The Bertz CT molecular complexity index is 678. The summed E-state index contributed by atoms with van der Waals surface area (Å²) in [6.07, 6.45) is 0. The number of halogens is 1. The van der Waals surface area contributed by atoms with Crippen LogP contribution >= 0.6 is 0 Å². The SMILES string of the molecule is N#CC(=NO)c1ccccc1COc1ccccc1F. The van der Waals surface area contributed by atoms with Gasteiger partial charge in [0.05, 0.1) is 0 Å². The quantitative estimate of drug-likeness (QED) is 0.527. The molecule has 0 heterocycles. The second-order valence-electron chi connectivity index (χ2n) is 3.94. The maximum Gasteiger partial charge on any atom is 0.187 e. The topological polar surface area (TPSA) is 65.6 Å². The summed E-state index contributed by atoms with van der Waals surface area (Å²) in [5.74, 6) is -0.330. The van der Waals surface area contributed by atoms with Gasteiger partial charge < -0.3 is 9.94 Å². The molecule has 1 N–H and O–H groups in total. The number of rotatable bonds is 4. The van der Waals surface area contributed by atoms with Crippen LogP contribution in [0.2, 0.25) is 0 Å². The van der Waals surface area contributed by atoms with Crippen molar-refractivity contribution in [2.24, 2.45) is 5.16 Å². The Morgan fingerprint density at radius 3 is 2.60 bits per heavy atom. The number of oxime groups is 1.